The Morgan fingerprint density at radius 2 is 1.95 bits per heavy atom. The van der Waals surface area contributed by atoms with Gasteiger partial charge in [0.25, 0.3) is 0 Å². The monoisotopic (exact) mass is 260 g/mol. The number of carboxylic acid groups (broad SMARTS) is 1. The lowest BCUT2D eigenvalue weighted by Gasteiger charge is -2.13. The average Bonchev–Trinajstić information content (AvgIpc) is 2.42. The average molecular weight is 260 g/mol. The van der Waals surface area contributed by atoms with E-state index >= 15 is 0 Å². The number of allylic oxidation sites excluding steroid dienone is 1. The van der Waals surface area contributed by atoms with Crippen molar-refractivity contribution in [1.82, 2.24) is 0 Å². The maximum absolute atomic E-state index is 10.8. The third-order valence-electron chi connectivity index (χ3n) is 3.35. The van der Waals surface area contributed by atoms with Gasteiger partial charge in [0, 0.05) is 0 Å². The quantitative estimate of drug-likeness (QED) is 0.785. The molecule has 1 N–H and O–H groups in total. The Morgan fingerprint density at radius 1 is 1.21 bits per heavy atom. The Balaban J connectivity index is 3.19. The van der Waals surface area contributed by atoms with E-state index in [2.05, 4.69) is 39.0 Å². The third-order valence-corrected chi connectivity index (χ3v) is 3.35. The molecule has 2 heteroatoms. The SMILES string of the molecule is CCC/C(=C\CC(=O)O)c1cc(CC)ccc1CC. The Hall–Kier alpha value is -1.57. The second kappa shape index (κ2) is 7.78. The number of benzene rings is 1. The van der Waals surface area contributed by atoms with Gasteiger partial charge in [-0.1, -0.05) is 51.5 Å². The highest BCUT2D eigenvalue weighted by Crippen LogP contribution is 2.26. The molecule has 0 bridgehead atoms. The van der Waals surface area contributed by atoms with E-state index in [1.165, 1.54) is 22.3 Å². The van der Waals surface area contributed by atoms with Crippen LogP contribution in [0, 0.1) is 0 Å². The summed E-state index contributed by atoms with van der Waals surface area (Å²) in [5, 5.41) is 8.86. The molecular formula is C17H24O2. The van der Waals surface area contributed by atoms with Crippen molar-refractivity contribution in [2.45, 2.75) is 52.9 Å². The first-order valence-electron chi connectivity index (χ1n) is 7.15. The van der Waals surface area contributed by atoms with Gasteiger partial charge in [-0.2, -0.15) is 0 Å². The zero-order valence-electron chi connectivity index (χ0n) is 12.2. The zero-order valence-corrected chi connectivity index (χ0v) is 12.2. The Morgan fingerprint density at radius 3 is 2.47 bits per heavy atom. The molecule has 19 heavy (non-hydrogen) atoms. The standard InChI is InChI=1S/C17H24O2/c1-4-7-15(10-11-17(18)19)16-12-13(5-2)8-9-14(16)6-3/h8-10,12H,4-7,11H2,1-3H3,(H,18,19)/b15-10+. The van der Waals surface area contributed by atoms with Crippen LogP contribution in [-0.4, -0.2) is 11.1 Å². The summed E-state index contributed by atoms with van der Waals surface area (Å²) in [5.74, 6) is -0.765. The van der Waals surface area contributed by atoms with Gasteiger partial charge in [-0.25, -0.2) is 0 Å². The number of hydrogen-bond donors (Lipinski definition) is 1. The van der Waals surface area contributed by atoms with Crippen LogP contribution in [0.1, 0.15) is 56.7 Å². The van der Waals surface area contributed by atoms with Gasteiger partial charge in [0.2, 0.25) is 0 Å². The summed E-state index contributed by atoms with van der Waals surface area (Å²) < 4.78 is 0. The Labute approximate surface area is 116 Å². The number of carboxylic acids is 1. The molecule has 0 aliphatic heterocycles. The van der Waals surface area contributed by atoms with Gasteiger partial charge in [0.05, 0.1) is 6.42 Å². The van der Waals surface area contributed by atoms with Crippen LogP contribution >= 0.6 is 0 Å². The minimum absolute atomic E-state index is 0.106. The van der Waals surface area contributed by atoms with Crippen LogP contribution in [0.2, 0.25) is 0 Å². The fourth-order valence-electron chi connectivity index (χ4n) is 2.28. The van der Waals surface area contributed by atoms with Gasteiger partial charge in [-0.15, -0.1) is 0 Å². The van der Waals surface area contributed by atoms with E-state index in [1.54, 1.807) is 0 Å². The molecule has 0 saturated heterocycles. The van der Waals surface area contributed by atoms with Gasteiger partial charge >= 0.3 is 5.97 Å². The topological polar surface area (TPSA) is 37.3 Å². The summed E-state index contributed by atoms with van der Waals surface area (Å²) in [7, 11) is 0. The summed E-state index contributed by atoms with van der Waals surface area (Å²) in [6, 6.07) is 6.57. The van der Waals surface area contributed by atoms with Gasteiger partial charge < -0.3 is 5.11 Å². The summed E-state index contributed by atoms with van der Waals surface area (Å²) in [5.41, 5.74) is 5.04. The molecule has 0 fully saturated rings. The normalized spacial score (nSPS) is 11.6. The van der Waals surface area contributed by atoms with E-state index in [9.17, 15) is 4.79 Å². The van der Waals surface area contributed by atoms with Gasteiger partial charge in [0.15, 0.2) is 0 Å². The van der Waals surface area contributed by atoms with E-state index < -0.39 is 5.97 Å². The number of carbonyl (C=O) groups is 1. The lowest BCUT2D eigenvalue weighted by atomic mass is 9.92. The predicted octanol–water partition coefficient (Wildman–Crippen LogP) is 4.47. The molecule has 0 aliphatic carbocycles. The van der Waals surface area contributed by atoms with Crippen molar-refractivity contribution in [2.75, 3.05) is 0 Å². The van der Waals surface area contributed by atoms with Crippen LogP contribution in [0.4, 0.5) is 0 Å². The summed E-state index contributed by atoms with van der Waals surface area (Å²) in [4.78, 5) is 10.8. The molecule has 0 atom stereocenters. The third kappa shape index (κ3) is 4.55. The molecule has 0 amide bonds. The number of rotatable bonds is 7. The van der Waals surface area contributed by atoms with Gasteiger partial charge in [-0.05, 0) is 41.5 Å². The lowest BCUT2D eigenvalue weighted by Crippen LogP contribution is -1.97. The van der Waals surface area contributed by atoms with Crippen LogP contribution in [-0.2, 0) is 17.6 Å². The van der Waals surface area contributed by atoms with Crippen molar-refractivity contribution in [1.29, 1.82) is 0 Å². The highest BCUT2D eigenvalue weighted by molar-refractivity contribution is 5.75. The summed E-state index contributed by atoms with van der Waals surface area (Å²) in [6.45, 7) is 6.42. The van der Waals surface area contributed by atoms with Crippen LogP contribution in [0.3, 0.4) is 0 Å². The molecule has 0 radical (unpaired) electrons. The minimum Gasteiger partial charge on any atom is -0.481 e. The minimum atomic E-state index is -0.765. The summed E-state index contributed by atoms with van der Waals surface area (Å²) >= 11 is 0. The first kappa shape index (κ1) is 15.5. The molecule has 0 saturated carbocycles. The first-order chi connectivity index (χ1) is 9.12. The molecule has 104 valence electrons. The van der Waals surface area contributed by atoms with Crippen molar-refractivity contribution >= 4 is 11.5 Å². The van der Waals surface area contributed by atoms with Crippen molar-refractivity contribution in [3.8, 4) is 0 Å². The van der Waals surface area contributed by atoms with Crippen LogP contribution in [0.25, 0.3) is 5.57 Å². The fourth-order valence-corrected chi connectivity index (χ4v) is 2.28. The van der Waals surface area contributed by atoms with Gasteiger partial charge in [0.1, 0.15) is 0 Å². The van der Waals surface area contributed by atoms with Crippen molar-refractivity contribution in [3.05, 3.63) is 41.0 Å². The zero-order chi connectivity index (χ0) is 14.3. The highest BCUT2D eigenvalue weighted by Gasteiger charge is 2.08. The molecule has 0 heterocycles. The molecular weight excluding hydrogens is 236 g/mol. The smallest absolute Gasteiger partial charge is 0.307 e. The number of hydrogen-bond acceptors (Lipinski definition) is 1. The number of aryl methyl sites for hydroxylation is 2. The fraction of sp³-hybridized carbons (Fsp3) is 0.471. The Bertz CT molecular complexity index is 458. The second-order valence-corrected chi connectivity index (χ2v) is 4.78. The molecule has 1 rings (SSSR count). The van der Waals surface area contributed by atoms with Crippen molar-refractivity contribution < 1.29 is 9.90 Å². The van der Waals surface area contributed by atoms with E-state index in [-0.39, 0.29) is 6.42 Å². The lowest BCUT2D eigenvalue weighted by molar-refractivity contribution is -0.135. The number of aliphatic carboxylic acids is 1. The van der Waals surface area contributed by atoms with Crippen LogP contribution in [0.15, 0.2) is 24.3 Å². The maximum atomic E-state index is 10.8. The van der Waals surface area contributed by atoms with E-state index in [0.29, 0.717) is 0 Å². The predicted molar refractivity (Wildman–Crippen MR) is 80.3 cm³/mol. The molecule has 0 unspecified atom stereocenters. The Kier molecular flexibility index (Phi) is 6.34. The molecule has 0 spiro atoms. The molecule has 1 aromatic carbocycles. The molecule has 2 nitrogen and oxygen atoms in total. The van der Waals surface area contributed by atoms with Crippen molar-refractivity contribution in [3.63, 3.8) is 0 Å². The molecule has 0 aliphatic rings. The van der Waals surface area contributed by atoms with Crippen LogP contribution < -0.4 is 0 Å². The largest absolute Gasteiger partial charge is 0.481 e. The first-order valence-corrected chi connectivity index (χ1v) is 7.15. The molecule has 1 aromatic rings. The molecule has 0 aromatic heterocycles. The second-order valence-electron chi connectivity index (χ2n) is 4.78. The van der Waals surface area contributed by atoms with E-state index in [4.69, 9.17) is 5.11 Å². The van der Waals surface area contributed by atoms with E-state index in [0.717, 1.165) is 25.7 Å². The van der Waals surface area contributed by atoms with E-state index in [1.807, 2.05) is 6.08 Å². The van der Waals surface area contributed by atoms with Crippen LogP contribution in [0.5, 0.6) is 0 Å². The highest BCUT2D eigenvalue weighted by atomic mass is 16.4. The van der Waals surface area contributed by atoms with Crippen molar-refractivity contribution in [2.24, 2.45) is 0 Å². The van der Waals surface area contributed by atoms with Gasteiger partial charge in [-0.3, -0.25) is 4.79 Å². The summed E-state index contributed by atoms with van der Waals surface area (Å²) in [6.07, 6.45) is 5.94. The maximum Gasteiger partial charge on any atom is 0.307 e.